The van der Waals surface area contributed by atoms with Crippen molar-refractivity contribution in [1.82, 2.24) is 20.1 Å². The zero-order valence-electron chi connectivity index (χ0n) is 12.3. The standard InChI is InChI=1S/C14H19N5O.2ClH/c1-2-13(15)14(20)17-7-11-5-3-4-6-12(11)8-19-10-16-9-18-19;;/h3-6,9-10,13H,2,7-8,15H2,1H3,(H,17,20);2*1H/t13-;;/m0../s1. The molecule has 1 atom stereocenters. The highest BCUT2D eigenvalue weighted by molar-refractivity contribution is 5.85. The summed E-state index contributed by atoms with van der Waals surface area (Å²) in [6.07, 6.45) is 3.81. The Balaban J connectivity index is 0.00000220. The van der Waals surface area contributed by atoms with E-state index in [1.54, 1.807) is 11.0 Å². The van der Waals surface area contributed by atoms with E-state index in [1.165, 1.54) is 6.33 Å². The molecule has 0 bridgehead atoms. The lowest BCUT2D eigenvalue weighted by molar-refractivity contribution is -0.122. The number of carbonyl (C=O) groups excluding carboxylic acids is 1. The smallest absolute Gasteiger partial charge is 0.237 e. The molecule has 0 aliphatic rings. The monoisotopic (exact) mass is 345 g/mol. The molecule has 0 fully saturated rings. The van der Waals surface area contributed by atoms with E-state index >= 15 is 0 Å². The maximum absolute atomic E-state index is 11.7. The third-order valence-corrected chi connectivity index (χ3v) is 3.15. The number of hydrogen-bond donors (Lipinski definition) is 2. The van der Waals surface area contributed by atoms with Crippen LogP contribution in [0.15, 0.2) is 36.9 Å². The maximum atomic E-state index is 11.7. The van der Waals surface area contributed by atoms with E-state index in [1.807, 2.05) is 31.2 Å². The summed E-state index contributed by atoms with van der Waals surface area (Å²) in [6, 6.07) is 7.48. The number of halogens is 2. The van der Waals surface area contributed by atoms with Crippen molar-refractivity contribution >= 4 is 30.7 Å². The summed E-state index contributed by atoms with van der Waals surface area (Å²) in [7, 11) is 0. The number of nitrogens with one attached hydrogen (secondary N) is 1. The van der Waals surface area contributed by atoms with Crippen LogP contribution in [-0.2, 0) is 17.9 Å². The topological polar surface area (TPSA) is 85.8 Å². The average Bonchev–Trinajstić information content (AvgIpc) is 2.98. The lowest BCUT2D eigenvalue weighted by atomic mass is 10.1. The summed E-state index contributed by atoms with van der Waals surface area (Å²) in [5.74, 6) is -0.122. The van der Waals surface area contributed by atoms with Crippen molar-refractivity contribution in [1.29, 1.82) is 0 Å². The molecule has 3 N–H and O–H groups in total. The molecule has 1 amide bonds. The summed E-state index contributed by atoms with van der Waals surface area (Å²) in [5.41, 5.74) is 7.85. The first kappa shape index (κ1) is 20.4. The van der Waals surface area contributed by atoms with Crippen LogP contribution in [0.3, 0.4) is 0 Å². The molecule has 0 saturated carbocycles. The summed E-state index contributed by atoms with van der Waals surface area (Å²) in [4.78, 5) is 15.6. The largest absolute Gasteiger partial charge is 0.351 e. The molecule has 0 aliphatic heterocycles. The second kappa shape index (κ2) is 10.2. The summed E-state index contributed by atoms with van der Waals surface area (Å²) >= 11 is 0. The van der Waals surface area contributed by atoms with Crippen LogP contribution in [-0.4, -0.2) is 26.7 Å². The molecule has 2 aromatic rings. The number of carbonyl (C=O) groups is 1. The molecule has 122 valence electrons. The molecular weight excluding hydrogens is 325 g/mol. The van der Waals surface area contributed by atoms with Crippen molar-refractivity contribution in [3.05, 3.63) is 48.0 Å². The van der Waals surface area contributed by atoms with Crippen LogP contribution in [0.5, 0.6) is 0 Å². The van der Waals surface area contributed by atoms with Crippen molar-refractivity contribution in [2.24, 2.45) is 5.73 Å². The van der Waals surface area contributed by atoms with Crippen LogP contribution in [0.25, 0.3) is 0 Å². The Morgan fingerprint density at radius 2 is 2.00 bits per heavy atom. The van der Waals surface area contributed by atoms with Gasteiger partial charge in [-0.15, -0.1) is 24.8 Å². The Kier molecular flexibility index (Phi) is 9.40. The fourth-order valence-electron chi connectivity index (χ4n) is 1.87. The van der Waals surface area contributed by atoms with E-state index < -0.39 is 6.04 Å². The quantitative estimate of drug-likeness (QED) is 0.831. The number of hydrogen-bond acceptors (Lipinski definition) is 4. The fraction of sp³-hybridized carbons (Fsp3) is 0.357. The molecule has 22 heavy (non-hydrogen) atoms. The molecule has 0 saturated heterocycles. The molecule has 6 nitrogen and oxygen atoms in total. The zero-order chi connectivity index (χ0) is 14.4. The van der Waals surface area contributed by atoms with Gasteiger partial charge in [-0.05, 0) is 17.5 Å². The molecule has 8 heteroatoms. The van der Waals surface area contributed by atoms with Crippen LogP contribution in [0.1, 0.15) is 24.5 Å². The van der Waals surface area contributed by atoms with Gasteiger partial charge in [0.25, 0.3) is 0 Å². The SMILES string of the molecule is CC[C@H](N)C(=O)NCc1ccccc1Cn1cncn1.Cl.Cl. The van der Waals surface area contributed by atoms with Gasteiger partial charge in [0.2, 0.25) is 5.91 Å². The van der Waals surface area contributed by atoms with Crippen molar-refractivity contribution < 1.29 is 4.79 Å². The summed E-state index contributed by atoms with van der Waals surface area (Å²) in [5, 5.41) is 6.95. The van der Waals surface area contributed by atoms with Crippen molar-refractivity contribution in [2.45, 2.75) is 32.5 Å². The summed E-state index contributed by atoms with van der Waals surface area (Å²) < 4.78 is 1.75. The second-order valence-corrected chi connectivity index (χ2v) is 4.59. The van der Waals surface area contributed by atoms with E-state index in [4.69, 9.17) is 5.73 Å². The van der Waals surface area contributed by atoms with Crippen LogP contribution < -0.4 is 11.1 Å². The Labute approximate surface area is 142 Å². The number of amides is 1. The predicted octanol–water partition coefficient (Wildman–Crippen LogP) is 1.52. The minimum atomic E-state index is -0.447. The van der Waals surface area contributed by atoms with Gasteiger partial charge in [0.1, 0.15) is 12.7 Å². The Morgan fingerprint density at radius 1 is 1.32 bits per heavy atom. The third kappa shape index (κ3) is 5.63. The van der Waals surface area contributed by atoms with Gasteiger partial charge in [-0.1, -0.05) is 31.2 Å². The lowest BCUT2D eigenvalue weighted by Gasteiger charge is -2.13. The van der Waals surface area contributed by atoms with Crippen molar-refractivity contribution in [3.63, 3.8) is 0 Å². The molecule has 1 aromatic heterocycles. The molecule has 0 unspecified atom stereocenters. The van der Waals surface area contributed by atoms with E-state index in [0.29, 0.717) is 19.5 Å². The zero-order valence-corrected chi connectivity index (χ0v) is 13.9. The number of nitrogens with two attached hydrogens (primary N) is 1. The predicted molar refractivity (Wildman–Crippen MR) is 90.2 cm³/mol. The highest BCUT2D eigenvalue weighted by atomic mass is 35.5. The van der Waals surface area contributed by atoms with Gasteiger partial charge in [-0.25, -0.2) is 9.67 Å². The lowest BCUT2D eigenvalue weighted by Crippen LogP contribution is -2.39. The molecule has 0 spiro atoms. The van der Waals surface area contributed by atoms with E-state index in [2.05, 4.69) is 15.4 Å². The minimum Gasteiger partial charge on any atom is -0.351 e. The fourth-order valence-corrected chi connectivity index (χ4v) is 1.87. The van der Waals surface area contributed by atoms with Gasteiger partial charge in [0, 0.05) is 6.54 Å². The summed E-state index contributed by atoms with van der Waals surface area (Å²) in [6.45, 7) is 2.99. The van der Waals surface area contributed by atoms with Gasteiger partial charge in [0.15, 0.2) is 0 Å². The molecule has 0 radical (unpaired) electrons. The van der Waals surface area contributed by atoms with Gasteiger partial charge in [-0.2, -0.15) is 5.10 Å². The Morgan fingerprint density at radius 3 is 2.59 bits per heavy atom. The number of nitrogens with zero attached hydrogens (tertiary/aromatic N) is 3. The van der Waals surface area contributed by atoms with E-state index in [-0.39, 0.29) is 30.7 Å². The Hall–Kier alpha value is -1.63. The normalized spacial score (nSPS) is 11.0. The molecule has 1 aromatic carbocycles. The van der Waals surface area contributed by atoms with Crippen LogP contribution in [0.4, 0.5) is 0 Å². The highest BCUT2D eigenvalue weighted by Crippen LogP contribution is 2.10. The van der Waals surface area contributed by atoms with Gasteiger partial charge in [-0.3, -0.25) is 4.79 Å². The molecular formula is C14H21Cl2N5O. The number of benzene rings is 1. The first-order chi connectivity index (χ1) is 9.70. The van der Waals surface area contributed by atoms with E-state index in [0.717, 1.165) is 11.1 Å². The minimum absolute atomic E-state index is 0. The second-order valence-electron chi connectivity index (χ2n) is 4.59. The van der Waals surface area contributed by atoms with Crippen molar-refractivity contribution in [2.75, 3.05) is 0 Å². The third-order valence-electron chi connectivity index (χ3n) is 3.15. The van der Waals surface area contributed by atoms with Gasteiger partial charge < -0.3 is 11.1 Å². The first-order valence-corrected chi connectivity index (χ1v) is 6.63. The average molecular weight is 346 g/mol. The molecule has 1 heterocycles. The maximum Gasteiger partial charge on any atom is 0.237 e. The van der Waals surface area contributed by atoms with Gasteiger partial charge in [0.05, 0.1) is 12.6 Å². The van der Waals surface area contributed by atoms with Crippen LogP contribution in [0.2, 0.25) is 0 Å². The van der Waals surface area contributed by atoms with Gasteiger partial charge >= 0.3 is 0 Å². The number of rotatable bonds is 6. The molecule has 2 rings (SSSR count). The Bertz CT molecular complexity index is 562. The van der Waals surface area contributed by atoms with Crippen molar-refractivity contribution in [3.8, 4) is 0 Å². The van der Waals surface area contributed by atoms with Crippen LogP contribution >= 0.6 is 24.8 Å². The van der Waals surface area contributed by atoms with Crippen LogP contribution in [0, 0.1) is 0 Å². The van der Waals surface area contributed by atoms with E-state index in [9.17, 15) is 4.79 Å². The number of aromatic nitrogens is 3. The molecule has 0 aliphatic carbocycles. The first-order valence-electron chi connectivity index (χ1n) is 6.63. The highest BCUT2D eigenvalue weighted by Gasteiger charge is 2.11.